The fraction of sp³-hybridized carbons (Fsp3) is 0. The maximum atomic E-state index is 10.6. The Morgan fingerprint density at radius 3 is 3.06 bits per heavy atom. The smallest absolute Gasteiger partial charge is 0.180 e. The van der Waals surface area contributed by atoms with Crippen molar-refractivity contribution >= 4 is 11.8 Å². The molecular weight excluding hydrogens is 204 g/mol. The summed E-state index contributed by atoms with van der Waals surface area (Å²) < 4.78 is 7.17. The molecule has 0 bridgehead atoms. The Bertz CT molecular complexity index is 638. The second kappa shape index (κ2) is 3.34. The van der Waals surface area contributed by atoms with Crippen LogP contribution < -0.4 is 0 Å². The monoisotopic (exact) mass is 212 g/mol. The first-order valence-electron chi connectivity index (χ1n) is 4.84. The van der Waals surface area contributed by atoms with Crippen molar-refractivity contribution in [3.63, 3.8) is 0 Å². The number of carbonyl (C=O) groups is 1. The van der Waals surface area contributed by atoms with E-state index in [1.807, 2.05) is 22.7 Å². The lowest BCUT2D eigenvalue weighted by Crippen LogP contribution is -1.89. The molecule has 0 aliphatic heterocycles. The summed E-state index contributed by atoms with van der Waals surface area (Å²) in [5.74, 6) is 1.44. The van der Waals surface area contributed by atoms with Crippen LogP contribution in [0.15, 0.2) is 47.3 Å². The van der Waals surface area contributed by atoms with E-state index >= 15 is 0 Å². The van der Waals surface area contributed by atoms with E-state index < -0.39 is 0 Å². The van der Waals surface area contributed by atoms with Gasteiger partial charge < -0.3 is 4.42 Å². The Hall–Kier alpha value is -2.36. The molecule has 0 atom stereocenters. The standard InChI is InChI=1S/C12H8N2O2/c15-8-9-3-4-14-10(6-9)7-13-12(14)11-2-1-5-16-11/h1-8H. The van der Waals surface area contributed by atoms with Crippen molar-refractivity contribution in [1.82, 2.24) is 9.38 Å². The number of pyridine rings is 1. The molecule has 0 saturated heterocycles. The van der Waals surface area contributed by atoms with Crippen molar-refractivity contribution in [1.29, 1.82) is 0 Å². The zero-order valence-corrected chi connectivity index (χ0v) is 8.33. The molecule has 3 heterocycles. The van der Waals surface area contributed by atoms with Gasteiger partial charge >= 0.3 is 0 Å². The van der Waals surface area contributed by atoms with E-state index in [1.165, 1.54) is 0 Å². The number of fused-ring (bicyclic) bond motifs is 1. The van der Waals surface area contributed by atoms with Crippen LogP contribution in [-0.4, -0.2) is 15.7 Å². The van der Waals surface area contributed by atoms with Gasteiger partial charge in [0.1, 0.15) is 6.29 Å². The number of imidazole rings is 1. The van der Waals surface area contributed by atoms with E-state index in [-0.39, 0.29) is 0 Å². The maximum Gasteiger partial charge on any atom is 0.180 e. The molecule has 16 heavy (non-hydrogen) atoms. The van der Waals surface area contributed by atoms with Gasteiger partial charge in [0.2, 0.25) is 0 Å². The minimum absolute atomic E-state index is 0.637. The average molecular weight is 212 g/mol. The molecule has 0 spiro atoms. The second-order valence-electron chi connectivity index (χ2n) is 3.43. The van der Waals surface area contributed by atoms with Gasteiger partial charge in [-0.25, -0.2) is 4.98 Å². The van der Waals surface area contributed by atoms with Gasteiger partial charge in [0, 0.05) is 11.8 Å². The molecule has 0 aliphatic rings. The number of aldehydes is 1. The zero-order valence-electron chi connectivity index (χ0n) is 8.33. The summed E-state index contributed by atoms with van der Waals surface area (Å²) in [6.07, 6.45) is 5.95. The number of nitrogens with zero attached hydrogens (tertiary/aromatic N) is 2. The first-order chi connectivity index (χ1) is 7.88. The third-order valence-corrected chi connectivity index (χ3v) is 2.43. The van der Waals surface area contributed by atoms with E-state index in [1.54, 1.807) is 24.6 Å². The van der Waals surface area contributed by atoms with Crippen LogP contribution >= 0.6 is 0 Å². The minimum Gasteiger partial charge on any atom is -0.461 e. The molecule has 0 aromatic carbocycles. The Labute approximate surface area is 91.1 Å². The molecule has 3 rings (SSSR count). The summed E-state index contributed by atoms with van der Waals surface area (Å²) in [5.41, 5.74) is 1.51. The van der Waals surface area contributed by atoms with Crippen LogP contribution in [0.25, 0.3) is 17.1 Å². The largest absolute Gasteiger partial charge is 0.461 e. The van der Waals surface area contributed by atoms with Crippen molar-refractivity contribution in [2.75, 3.05) is 0 Å². The number of rotatable bonds is 2. The van der Waals surface area contributed by atoms with Gasteiger partial charge in [-0.05, 0) is 24.3 Å². The van der Waals surface area contributed by atoms with Crippen LogP contribution in [0.1, 0.15) is 10.4 Å². The van der Waals surface area contributed by atoms with Crippen LogP contribution in [0.3, 0.4) is 0 Å². The Kier molecular flexibility index (Phi) is 1.86. The fourth-order valence-corrected chi connectivity index (χ4v) is 1.68. The molecule has 0 unspecified atom stereocenters. The molecule has 0 saturated carbocycles. The van der Waals surface area contributed by atoms with Crippen LogP contribution in [0.5, 0.6) is 0 Å². The van der Waals surface area contributed by atoms with E-state index in [2.05, 4.69) is 4.98 Å². The SMILES string of the molecule is O=Cc1ccn2c(-c3ccco3)ncc2c1. The molecule has 0 fully saturated rings. The Balaban J connectivity index is 2.25. The average Bonchev–Trinajstić information content (AvgIpc) is 2.96. The van der Waals surface area contributed by atoms with Gasteiger partial charge in [0.25, 0.3) is 0 Å². The number of furan rings is 1. The predicted molar refractivity (Wildman–Crippen MR) is 58.3 cm³/mol. The lowest BCUT2D eigenvalue weighted by atomic mass is 10.3. The molecule has 78 valence electrons. The van der Waals surface area contributed by atoms with Crippen molar-refractivity contribution in [3.8, 4) is 11.6 Å². The summed E-state index contributed by atoms with van der Waals surface area (Å²) in [4.78, 5) is 14.9. The zero-order chi connectivity index (χ0) is 11.0. The molecule has 3 aromatic rings. The van der Waals surface area contributed by atoms with Crippen LogP contribution in [0.2, 0.25) is 0 Å². The molecule has 0 aliphatic carbocycles. The minimum atomic E-state index is 0.637. The first kappa shape index (κ1) is 8.91. The van der Waals surface area contributed by atoms with Crippen LogP contribution in [0, 0.1) is 0 Å². The lowest BCUT2D eigenvalue weighted by molar-refractivity contribution is 0.112. The molecule has 0 amide bonds. The summed E-state index contributed by atoms with van der Waals surface area (Å²) >= 11 is 0. The first-order valence-corrected chi connectivity index (χ1v) is 4.84. The van der Waals surface area contributed by atoms with E-state index in [0.29, 0.717) is 11.3 Å². The number of carbonyl (C=O) groups excluding carboxylic acids is 1. The summed E-state index contributed by atoms with van der Waals surface area (Å²) in [7, 11) is 0. The second-order valence-corrected chi connectivity index (χ2v) is 3.43. The maximum absolute atomic E-state index is 10.6. The fourth-order valence-electron chi connectivity index (χ4n) is 1.68. The summed E-state index contributed by atoms with van der Waals surface area (Å²) in [5, 5.41) is 0. The molecule has 0 N–H and O–H groups in total. The lowest BCUT2D eigenvalue weighted by Gasteiger charge is -1.98. The Morgan fingerprint density at radius 1 is 1.38 bits per heavy atom. The summed E-state index contributed by atoms with van der Waals surface area (Å²) in [6.45, 7) is 0. The van der Waals surface area contributed by atoms with Crippen molar-refractivity contribution in [2.24, 2.45) is 0 Å². The van der Waals surface area contributed by atoms with Crippen LogP contribution in [-0.2, 0) is 0 Å². The van der Waals surface area contributed by atoms with E-state index in [9.17, 15) is 4.79 Å². The number of hydrogen-bond donors (Lipinski definition) is 0. The van der Waals surface area contributed by atoms with Gasteiger partial charge in [0.15, 0.2) is 11.6 Å². The Morgan fingerprint density at radius 2 is 2.31 bits per heavy atom. The highest BCUT2D eigenvalue weighted by Gasteiger charge is 2.08. The van der Waals surface area contributed by atoms with Crippen LogP contribution in [0.4, 0.5) is 0 Å². The molecule has 0 radical (unpaired) electrons. The molecular formula is C12H8N2O2. The third-order valence-electron chi connectivity index (χ3n) is 2.43. The highest BCUT2D eigenvalue weighted by Crippen LogP contribution is 2.20. The molecule has 4 nitrogen and oxygen atoms in total. The van der Waals surface area contributed by atoms with Gasteiger partial charge in [-0.1, -0.05) is 0 Å². The van der Waals surface area contributed by atoms with Gasteiger partial charge in [-0.3, -0.25) is 9.20 Å². The van der Waals surface area contributed by atoms with Gasteiger partial charge in [-0.2, -0.15) is 0 Å². The van der Waals surface area contributed by atoms with Crippen molar-refractivity contribution in [2.45, 2.75) is 0 Å². The van der Waals surface area contributed by atoms with Gasteiger partial charge in [-0.15, -0.1) is 0 Å². The topological polar surface area (TPSA) is 47.5 Å². The van der Waals surface area contributed by atoms with Gasteiger partial charge in [0.05, 0.1) is 18.0 Å². The van der Waals surface area contributed by atoms with E-state index in [4.69, 9.17) is 4.42 Å². The van der Waals surface area contributed by atoms with Crippen molar-refractivity contribution in [3.05, 3.63) is 48.5 Å². The normalized spacial score (nSPS) is 10.8. The molecule has 3 aromatic heterocycles. The molecule has 4 heteroatoms. The summed E-state index contributed by atoms with van der Waals surface area (Å²) in [6, 6.07) is 7.19. The predicted octanol–water partition coefficient (Wildman–Crippen LogP) is 2.41. The number of aromatic nitrogens is 2. The number of hydrogen-bond acceptors (Lipinski definition) is 3. The quantitative estimate of drug-likeness (QED) is 0.613. The van der Waals surface area contributed by atoms with E-state index in [0.717, 1.165) is 17.6 Å². The highest BCUT2D eigenvalue weighted by molar-refractivity contribution is 5.77. The highest BCUT2D eigenvalue weighted by atomic mass is 16.3. The van der Waals surface area contributed by atoms with Crippen molar-refractivity contribution < 1.29 is 9.21 Å². The third kappa shape index (κ3) is 1.24.